The average molecular weight is 1330 g/mol. The maximum atomic E-state index is 15.0. The summed E-state index contributed by atoms with van der Waals surface area (Å²) in [6.45, 7) is 5.85. The predicted octanol–water partition coefficient (Wildman–Crippen LogP) is 12.9. The van der Waals surface area contributed by atoms with Gasteiger partial charge >= 0.3 is 24.0 Å². The SMILES string of the molecule is CC1C(COCc2ccccc2)OC(OC2C3OC(c4ccccc4)OCC3OC(OC3C(COCc4ccccc4)OC(OCN(Cc4ccccc4)C(=O)OCc4ccccc4)C(OC(=O)c4ccccc4)C3C)C2OC(=O)c2ccccc2)C(OC(=O)c2ccccc2)C1C. The van der Waals surface area contributed by atoms with Gasteiger partial charge in [-0.2, -0.15) is 0 Å². The highest BCUT2D eigenvalue weighted by molar-refractivity contribution is 5.90. The number of esters is 3. The second-order valence-corrected chi connectivity index (χ2v) is 24.8. The maximum Gasteiger partial charge on any atom is 0.412 e. The van der Waals surface area contributed by atoms with Crippen molar-refractivity contribution >= 4 is 24.0 Å². The van der Waals surface area contributed by atoms with Crippen molar-refractivity contribution in [1.29, 1.82) is 0 Å². The molecule has 19 nitrogen and oxygen atoms in total. The van der Waals surface area contributed by atoms with Gasteiger partial charge in [0.1, 0.15) is 37.8 Å². The molecular formula is C79H81NO18. The Bertz CT molecular complexity index is 3760. The van der Waals surface area contributed by atoms with Crippen LogP contribution in [0.3, 0.4) is 0 Å². The van der Waals surface area contributed by atoms with Crippen LogP contribution in [0, 0.1) is 17.8 Å². The van der Waals surface area contributed by atoms with Crippen molar-refractivity contribution in [2.75, 3.05) is 26.6 Å². The molecule has 0 saturated carbocycles. The highest BCUT2D eigenvalue weighted by Crippen LogP contribution is 2.43. The van der Waals surface area contributed by atoms with E-state index in [2.05, 4.69) is 0 Å². The first-order valence-electron chi connectivity index (χ1n) is 33.2. The number of ether oxygens (including phenoxy) is 14. The quantitative estimate of drug-likeness (QED) is 0.0281. The van der Waals surface area contributed by atoms with Crippen LogP contribution >= 0.6 is 0 Å². The normalized spacial score (nSPS) is 26.7. The summed E-state index contributed by atoms with van der Waals surface area (Å²) in [5.74, 6) is -3.63. The summed E-state index contributed by atoms with van der Waals surface area (Å²) >= 11 is 0. The van der Waals surface area contributed by atoms with E-state index in [0.717, 1.165) is 22.3 Å². The van der Waals surface area contributed by atoms with Gasteiger partial charge in [-0.05, 0) is 64.6 Å². The number of carbonyl (C=O) groups is 4. The molecule has 19 heteroatoms. The minimum atomic E-state index is -1.57. The Kier molecular flexibility index (Phi) is 23.9. The lowest BCUT2D eigenvalue weighted by Gasteiger charge is -2.52. The third-order valence-electron chi connectivity index (χ3n) is 18.0. The molecule has 4 aliphatic heterocycles. The molecule has 0 bridgehead atoms. The Balaban J connectivity index is 0.919. The fourth-order valence-corrected chi connectivity index (χ4v) is 12.5. The molecule has 98 heavy (non-hydrogen) atoms. The molecule has 12 rings (SSSR count). The van der Waals surface area contributed by atoms with Gasteiger partial charge in [0, 0.05) is 17.4 Å². The molecule has 510 valence electrons. The van der Waals surface area contributed by atoms with Crippen molar-refractivity contribution in [2.24, 2.45) is 17.8 Å². The second-order valence-electron chi connectivity index (χ2n) is 24.8. The van der Waals surface area contributed by atoms with Gasteiger partial charge in [-0.15, -0.1) is 0 Å². The average Bonchev–Trinajstić information content (AvgIpc) is 0.755. The number of hydrogen-bond donors (Lipinski definition) is 0. The monoisotopic (exact) mass is 1330 g/mol. The van der Waals surface area contributed by atoms with Crippen molar-refractivity contribution in [3.8, 4) is 0 Å². The lowest BCUT2D eigenvalue weighted by molar-refractivity contribution is -0.401. The summed E-state index contributed by atoms with van der Waals surface area (Å²) in [4.78, 5) is 59.6. The van der Waals surface area contributed by atoms with E-state index in [4.69, 9.17) is 66.3 Å². The van der Waals surface area contributed by atoms with Crippen molar-refractivity contribution in [1.82, 2.24) is 4.90 Å². The zero-order valence-electron chi connectivity index (χ0n) is 54.8. The third kappa shape index (κ3) is 17.8. The summed E-state index contributed by atoms with van der Waals surface area (Å²) in [7, 11) is 0. The summed E-state index contributed by atoms with van der Waals surface area (Å²) in [6.07, 6.45) is -16.1. The Labute approximate surface area is 570 Å². The lowest BCUT2D eigenvalue weighted by Crippen LogP contribution is -2.67. The van der Waals surface area contributed by atoms with Gasteiger partial charge in [0.25, 0.3) is 0 Å². The van der Waals surface area contributed by atoms with E-state index in [1.165, 1.54) is 4.90 Å². The number of fused-ring (bicyclic) bond motifs is 1. The fraction of sp³-hybridized carbons (Fsp3) is 0.342. The predicted molar refractivity (Wildman–Crippen MR) is 357 cm³/mol. The topological polar surface area (TPSA) is 201 Å². The van der Waals surface area contributed by atoms with Crippen LogP contribution in [0.25, 0.3) is 0 Å². The van der Waals surface area contributed by atoms with Crippen molar-refractivity contribution in [3.63, 3.8) is 0 Å². The summed E-state index contributed by atoms with van der Waals surface area (Å²) < 4.78 is 94.8. The number of carbonyl (C=O) groups excluding carboxylic acids is 4. The van der Waals surface area contributed by atoms with Gasteiger partial charge in [-0.3, -0.25) is 4.90 Å². The van der Waals surface area contributed by atoms with Crippen LogP contribution in [0.1, 0.15) is 86.0 Å². The molecule has 0 N–H and O–H groups in total. The second kappa shape index (κ2) is 34.0. The van der Waals surface area contributed by atoms with Gasteiger partial charge in [0.05, 0.1) is 68.5 Å². The first-order valence-corrected chi connectivity index (χ1v) is 33.2. The van der Waals surface area contributed by atoms with Crippen LogP contribution in [0.15, 0.2) is 243 Å². The molecule has 16 unspecified atom stereocenters. The van der Waals surface area contributed by atoms with Crippen LogP contribution in [-0.2, 0) is 92.7 Å². The summed E-state index contributed by atoms with van der Waals surface area (Å²) in [5, 5.41) is 0. The molecule has 0 aromatic heterocycles. The van der Waals surface area contributed by atoms with Crippen LogP contribution < -0.4 is 0 Å². The van der Waals surface area contributed by atoms with E-state index in [9.17, 15) is 14.4 Å². The Morgan fingerprint density at radius 3 is 1.35 bits per heavy atom. The third-order valence-corrected chi connectivity index (χ3v) is 18.0. The molecule has 8 aromatic rings. The zero-order chi connectivity index (χ0) is 67.6. The van der Waals surface area contributed by atoms with E-state index >= 15 is 4.79 Å². The van der Waals surface area contributed by atoms with Gasteiger partial charge < -0.3 is 66.3 Å². The molecule has 4 heterocycles. The van der Waals surface area contributed by atoms with Crippen molar-refractivity contribution in [3.05, 3.63) is 287 Å². The zero-order valence-corrected chi connectivity index (χ0v) is 54.8. The van der Waals surface area contributed by atoms with Crippen LogP contribution in [-0.4, -0.2) is 129 Å². The van der Waals surface area contributed by atoms with E-state index in [1.54, 1.807) is 84.9 Å². The molecule has 4 aliphatic rings. The van der Waals surface area contributed by atoms with E-state index < -0.39 is 116 Å². The number of rotatable bonds is 26. The molecule has 0 aliphatic carbocycles. The van der Waals surface area contributed by atoms with E-state index in [-0.39, 0.29) is 63.4 Å². The molecule has 1 amide bonds. The smallest absolute Gasteiger partial charge is 0.412 e. The first kappa shape index (κ1) is 69.0. The Hall–Kier alpha value is -8.96. The Morgan fingerprint density at radius 1 is 0.408 bits per heavy atom. The standard InChI is InChI=1S/C79H81NO18/c1-52-53(2)67(93-72(81)59-36-20-8-21-37-59)77(90-63(52)48-85-45-56-30-14-5-15-31-56)98-70-69-65(50-87-75(97-69)62-42-26-11-27-43-62)92-78(71(70)95-74(83)61-40-24-10-25-41-61)96-66-54(3)68(94-73(82)60-38-22-9-23-39-60)76(91-64(66)49-86-46-57-32-16-6-17-33-57)89-51-80(44-55-28-12-4-13-29-55)79(84)88-47-58-34-18-7-19-35-58/h4-43,52-54,63-71,75-78H,44-51H2,1-3H3. The van der Waals surface area contributed by atoms with Crippen molar-refractivity contribution in [2.45, 2.75) is 127 Å². The molecule has 0 spiro atoms. The van der Waals surface area contributed by atoms with E-state index in [0.29, 0.717) is 17.7 Å². The lowest BCUT2D eigenvalue weighted by atomic mass is 9.83. The number of nitrogens with zero attached hydrogens (tertiary/aromatic N) is 1. The molecule has 4 saturated heterocycles. The molecule has 8 aromatic carbocycles. The maximum absolute atomic E-state index is 15.0. The summed E-state index contributed by atoms with van der Waals surface area (Å²) in [5.41, 5.74) is 4.84. The largest absolute Gasteiger partial charge is 0.453 e. The fourth-order valence-electron chi connectivity index (χ4n) is 12.5. The number of benzene rings is 8. The number of hydrogen-bond acceptors (Lipinski definition) is 18. The highest BCUT2D eigenvalue weighted by atomic mass is 16.8. The van der Waals surface area contributed by atoms with Crippen LogP contribution in [0.2, 0.25) is 0 Å². The van der Waals surface area contributed by atoms with E-state index in [1.807, 2.05) is 178 Å². The minimum Gasteiger partial charge on any atom is -0.453 e. The van der Waals surface area contributed by atoms with Gasteiger partial charge in [0.2, 0.25) is 0 Å². The highest BCUT2D eigenvalue weighted by Gasteiger charge is 2.58. The van der Waals surface area contributed by atoms with Crippen LogP contribution in [0.5, 0.6) is 0 Å². The molecule has 0 radical (unpaired) electrons. The summed E-state index contributed by atoms with van der Waals surface area (Å²) in [6, 6.07) is 73.0. The van der Waals surface area contributed by atoms with Gasteiger partial charge in [-0.1, -0.05) is 227 Å². The van der Waals surface area contributed by atoms with Crippen LogP contribution in [0.4, 0.5) is 4.79 Å². The first-order chi connectivity index (χ1) is 48.0. The number of amides is 1. The molecular weight excluding hydrogens is 1250 g/mol. The molecule has 4 fully saturated rings. The molecule has 16 atom stereocenters. The Morgan fingerprint density at radius 2 is 0.827 bits per heavy atom. The van der Waals surface area contributed by atoms with Crippen molar-refractivity contribution < 1.29 is 85.5 Å². The van der Waals surface area contributed by atoms with Gasteiger partial charge in [0.15, 0.2) is 43.5 Å². The minimum absolute atomic E-state index is 0.0116. The van der Waals surface area contributed by atoms with Gasteiger partial charge in [-0.25, -0.2) is 19.2 Å².